The molecule has 0 aromatic rings. The Bertz CT molecular complexity index is 139. The van der Waals surface area contributed by atoms with Gasteiger partial charge in [-0.05, 0) is 12.3 Å². The van der Waals surface area contributed by atoms with Gasteiger partial charge in [-0.15, -0.1) is 10.1 Å². The Labute approximate surface area is 79.4 Å². The molecule has 13 heavy (non-hydrogen) atoms. The second-order valence-electron chi connectivity index (χ2n) is 3.29. The van der Waals surface area contributed by atoms with Gasteiger partial charge in [0.25, 0.3) is 5.09 Å². The monoisotopic (exact) mass is 189 g/mol. The summed E-state index contributed by atoms with van der Waals surface area (Å²) in [6.07, 6.45) is 5.54. The lowest BCUT2D eigenvalue weighted by molar-refractivity contribution is -0.759. The minimum atomic E-state index is -0.706. The fourth-order valence-corrected chi connectivity index (χ4v) is 1.25. The van der Waals surface area contributed by atoms with Crippen LogP contribution < -0.4 is 0 Å². The Morgan fingerprint density at radius 3 is 2.54 bits per heavy atom. The molecule has 78 valence electrons. The lowest BCUT2D eigenvalue weighted by atomic mass is 10.00. The zero-order valence-electron chi connectivity index (χ0n) is 8.49. The molecule has 4 nitrogen and oxygen atoms in total. The first-order chi connectivity index (χ1) is 6.20. The van der Waals surface area contributed by atoms with Crippen molar-refractivity contribution in [1.82, 2.24) is 0 Å². The average Bonchev–Trinajstić information content (AvgIpc) is 2.10. The van der Waals surface area contributed by atoms with Crippen molar-refractivity contribution in [2.24, 2.45) is 5.92 Å². The molecular weight excluding hydrogens is 170 g/mol. The maximum absolute atomic E-state index is 9.93. The predicted octanol–water partition coefficient (Wildman–Crippen LogP) is 2.80. The molecule has 0 aliphatic heterocycles. The van der Waals surface area contributed by atoms with E-state index in [9.17, 15) is 10.1 Å². The number of hydrogen-bond donors (Lipinski definition) is 0. The van der Waals surface area contributed by atoms with Crippen LogP contribution in [-0.4, -0.2) is 11.7 Å². The van der Waals surface area contributed by atoms with Crippen molar-refractivity contribution in [2.45, 2.75) is 46.0 Å². The predicted molar refractivity (Wildman–Crippen MR) is 50.9 cm³/mol. The summed E-state index contributed by atoms with van der Waals surface area (Å²) in [4.78, 5) is 14.3. The van der Waals surface area contributed by atoms with E-state index < -0.39 is 5.09 Å². The molecule has 1 unspecified atom stereocenters. The van der Waals surface area contributed by atoms with E-state index in [1.54, 1.807) is 0 Å². The molecule has 0 aromatic carbocycles. The Morgan fingerprint density at radius 2 is 2.08 bits per heavy atom. The molecular formula is C9H19NO3. The Kier molecular flexibility index (Phi) is 7.35. The molecule has 0 heterocycles. The third kappa shape index (κ3) is 7.56. The summed E-state index contributed by atoms with van der Waals surface area (Å²) < 4.78 is 0. The summed E-state index contributed by atoms with van der Waals surface area (Å²) >= 11 is 0. The van der Waals surface area contributed by atoms with Crippen molar-refractivity contribution in [3.8, 4) is 0 Å². The van der Waals surface area contributed by atoms with E-state index in [0.717, 1.165) is 19.3 Å². The lowest BCUT2D eigenvalue weighted by Gasteiger charge is -2.12. The van der Waals surface area contributed by atoms with Gasteiger partial charge in [-0.25, -0.2) is 0 Å². The third-order valence-electron chi connectivity index (χ3n) is 2.21. The van der Waals surface area contributed by atoms with Crippen LogP contribution in [-0.2, 0) is 4.84 Å². The highest BCUT2D eigenvalue weighted by atomic mass is 16.9. The van der Waals surface area contributed by atoms with Crippen molar-refractivity contribution >= 4 is 0 Å². The summed E-state index contributed by atoms with van der Waals surface area (Å²) in [5, 5.41) is 9.23. The minimum Gasteiger partial charge on any atom is -0.314 e. The fraction of sp³-hybridized carbons (Fsp3) is 1.00. The van der Waals surface area contributed by atoms with Crippen LogP contribution in [0.5, 0.6) is 0 Å². The van der Waals surface area contributed by atoms with Crippen LogP contribution in [0.15, 0.2) is 0 Å². The van der Waals surface area contributed by atoms with Gasteiger partial charge in [-0.3, -0.25) is 0 Å². The van der Waals surface area contributed by atoms with E-state index in [1.807, 2.05) is 6.92 Å². The van der Waals surface area contributed by atoms with Gasteiger partial charge in [0.15, 0.2) is 0 Å². The summed E-state index contributed by atoms with van der Waals surface area (Å²) in [5.74, 6) is 0.344. The molecule has 0 N–H and O–H groups in total. The van der Waals surface area contributed by atoms with Crippen LogP contribution in [0.25, 0.3) is 0 Å². The normalized spacial score (nSPS) is 12.5. The van der Waals surface area contributed by atoms with Gasteiger partial charge in [-0.2, -0.15) is 0 Å². The van der Waals surface area contributed by atoms with Gasteiger partial charge in [0.2, 0.25) is 0 Å². The van der Waals surface area contributed by atoms with E-state index in [0.29, 0.717) is 5.92 Å². The van der Waals surface area contributed by atoms with E-state index in [2.05, 4.69) is 11.8 Å². The molecule has 0 aliphatic rings. The SMILES string of the molecule is CCCCCC(CC)CO[N+](=O)[O-]. The highest BCUT2D eigenvalue weighted by Crippen LogP contribution is 2.13. The molecule has 0 saturated carbocycles. The van der Waals surface area contributed by atoms with Gasteiger partial charge in [0, 0.05) is 0 Å². The second kappa shape index (κ2) is 7.83. The van der Waals surface area contributed by atoms with Gasteiger partial charge >= 0.3 is 0 Å². The Balaban J connectivity index is 3.45. The quantitative estimate of drug-likeness (QED) is 0.335. The zero-order chi connectivity index (χ0) is 10.1. The largest absolute Gasteiger partial charge is 0.314 e. The van der Waals surface area contributed by atoms with Crippen LogP contribution >= 0.6 is 0 Å². The van der Waals surface area contributed by atoms with E-state index in [-0.39, 0.29) is 6.61 Å². The summed E-state index contributed by atoms with van der Waals surface area (Å²) in [6, 6.07) is 0. The van der Waals surface area contributed by atoms with E-state index in [4.69, 9.17) is 0 Å². The van der Waals surface area contributed by atoms with Crippen molar-refractivity contribution in [3.63, 3.8) is 0 Å². The smallest absolute Gasteiger partial charge is 0.294 e. The zero-order valence-corrected chi connectivity index (χ0v) is 8.49. The van der Waals surface area contributed by atoms with Crippen LogP contribution in [0.1, 0.15) is 46.0 Å². The molecule has 0 fully saturated rings. The summed E-state index contributed by atoms with van der Waals surface area (Å²) in [6.45, 7) is 4.45. The lowest BCUT2D eigenvalue weighted by Crippen LogP contribution is -2.12. The van der Waals surface area contributed by atoms with Gasteiger partial charge in [0.1, 0.15) is 0 Å². The van der Waals surface area contributed by atoms with Gasteiger partial charge in [0.05, 0.1) is 6.61 Å². The van der Waals surface area contributed by atoms with Crippen LogP contribution in [0.2, 0.25) is 0 Å². The van der Waals surface area contributed by atoms with Gasteiger partial charge < -0.3 is 4.84 Å². The molecule has 0 amide bonds. The molecule has 0 aromatic heterocycles. The molecule has 0 radical (unpaired) electrons. The van der Waals surface area contributed by atoms with Crippen molar-refractivity contribution in [2.75, 3.05) is 6.61 Å². The summed E-state index contributed by atoms with van der Waals surface area (Å²) in [5.41, 5.74) is 0. The number of nitrogens with zero attached hydrogens (tertiary/aromatic N) is 1. The maximum Gasteiger partial charge on any atom is 0.294 e. The highest BCUT2D eigenvalue weighted by molar-refractivity contribution is 4.55. The molecule has 0 aliphatic carbocycles. The first-order valence-corrected chi connectivity index (χ1v) is 4.98. The third-order valence-corrected chi connectivity index (χ3v) is 2.21. The molecule has 0 rings (SSSR count). The van der Waals surface area contributed by atoms with E-state index >= 15 is 0 Å². The first-order valence-electron chi connectivity index (χ1n) is 4.98. The van der Waals surface area contributed by atoms with E-state index in [1.165, 1.54) is 12.8 Å². The van der Waals surface area contributed by atoms with Gasteiger partial charge in [-0.1, -0.05) is 39.5 Å². The fourth-order valence-electron chi connectivity index (χ4n) is 1.25. The molecule has 1 atom stereocenters. The average molecular weight is 189 g/mol. The minimum absolute atomic E-state index is 0.257. The molecule has 0 spiro atoms. The topological polar surface area (TPSA) is 52.4 Å². The summed E-state index contributed by atoms with van der Waals surface area (Å²) in [7, 11) is 0. The van der Waals surface area contributed by atoms with Crippen LogP contribution in [0.4, 0.5) is 0 Å². The first kappa shape index (κ1) is 12.2. The standard InChI is InChI=1S/C9H19NO3/c1-3-5-6-7-9(4-2)8-13-10(11)12/h9H,3-8H2,1-2H3. The molecule has 4 heteroatoms. The Morgan fingerprint density at radius 1 is 1.38 bits per heavy atom. The van der Waals surface area contributed by atoms with Crippen LogP contribution in [0, 0.1) is 16.0 Å². The van der Waals surface area contributed by atoms with Crippen molar-refractivity contribution < 1.29 is 9.92 Å². The second-order valence-corrected chi connectivity index (χ2v) is 3.29. The van der Waals surface area contributed by atoms with Crippen molar-refractivity contribution in [3.05, 3.63) is 10.1 Å². The highest BCUT2D eigenvalue weighted by Gasteiger charge is 2.07. The van der Waals surface area contributed by atoms with Crippen LogP contribution in [0.3, 0.4) is 0 Å². The molecule has 0 saturated heterocycles. The molecule has 0 bridgehead atoms. The van der Waals surface area contributed by atoms with Crippen molar-refractivity contribution in [1.29, 1.82) is 0 Å². The maximum atomic E-state index is 9.93. The number of rotatable bonds is 8. The number of hydrogen-bond acceptors (Lipinski definition) is 3. The Hall–Kier alpha value is -0.800. The number of unbranched alkanes of at least 4 members (excludes halogenated alkanes) is 2.